The number of hydrogen-bond acceptors (Lipinski definition) is 5. The van der Waals surface area contributed by atoms with E-state index in [-0.39, 0.29) is 0 Å². The van der Waals surface area contributed by atoms with Gasteiger partial charge in [-0.15, -0.1) is 0 Å². The summed E-state index contributed by atoms with van der Waals surface area (Å²) in [6.07, 6.45) is 7.06. The predicted molar refractivity (Wildman–Crippen MR) is 116 cm³/mol. The van der Waals surface area contributed by atoms with Crippen molar-refractivity contribution in [1.82, 2.24) is 15.0 Å². The summed E-state index contributed by atoms with van der Waals surface area (Å²) in [6.45, 7) is 8.99. The number of anilines is 1. The van der Waals surface area contributed by atoms with E-state index in [0.29, 0.717) is 11.4 Å². The molecule has 5 nitrogen and oxygen atoms in total. The number of aldehydes is 1. The Morgan fingerprint density at radius 3 is 2.69 bits per heavy atom. The van der Waals surface area contributed by atoms with Crippen LogP contribution >= 0.6 is 0 Å². The van der Waals surface area contributed by atoms with Crippen molar-refractivity contribution in [2.75, 3.05) is 18.0 Å². The molecule has 148 valence electrons. The molecule has 5 heteroatoms. The van der Waals surface area contributed by atoms with Crippen molar-refractivity contribution in [3.8, 4) is 22.4 Å². The fourth-order valence-corrected chi connectivity index (χ4v) is 4.01. The van der Waals surface area contributed by atoms with Crippen LogP contribution in [0.3, 0.4) is 0 Å². The smallest absolute Gasteiger partial charge is 0.168 e. The average molecular weight is 386 g/mol. The molecule has 3 aromatic rings. The van der Waals surface area contributed by atoms with Crippen molar-refractivity contribution < 1.29 is 4.79 Å². The van der Waals surface area contributed by atoms with Crippen molar-refractivity contribution in [3.05, 3.63) is 60.3 Å². The minimum Gasteiger partial charge on any atom is -0.371 e. The Kier molecular flexibility index (Phi) is 5.38. The summed E-state index contributed by atoms with van der Waals surface area (Å²) in [5.41, 5.74) is 6.64. The van der Waals surface area contributed by atoms with Gasteiger partial charge in [0.2, 0.25) is 0 Å². The van der Waals surface area contributed by atoms with E-state index in [0.717, 1.165) is 42.3 Å². The van der Waals surface area contributed by atoms with Gasteiger partial charge in [-0.25, -0.2) is 9.97 Å². The number of hydrogen-bond donors (Lipinski definition) is 0. The van der Waals surface area contributed by atoms with Gasteiger partial charge in [-0.05, 0) is 60.6 Å². The van der Waals surface area contributed by atoms with Gasteiger partial charge in [-0.3, -0.25) is 9.78 Å². The number of aryl methyl sites for hydroxylation is 1. The van der Waals surface area contributed by atoms with Gasteiger partial charge in [0.1, 0.15) is 12.0 Å². The van der Waals surface area contributed by atoms with E-state index in [4.69, 9.17) is 0 Å². The van der Waals surface area contributed by atoms with Crippen LogP contribution in [0.2, 0.25) is 0 Å². The number of benzene rings is 1. The second kappa shape index (κ2) is 8.11. The van der Waals surface area contributed by atoms with Gasteiger partial charge >= 0.3 is 0 Å². The average Bonchev–Trinajstić information content (AvgIpc) is 3.25. The van der Waals surface area contributed by atoms with Crippen molar-refractivity contribution >= 4 is 12.0 Å². The predicted octanol–water partition coefficient (Wildman–Crippen LogP) is 4.81. The minimum absolute atomic E-state index is 0.368. The molecule has 2 aromatic heterocycles. The number of rotatable bonds is 5. The molecule has 0 radical (unpaired) electrons. The molecular formula is C24H26N4O. The Morgan fingerprint density at radius 1 is 1.10 bits per heavy atom. The molecule has 0 aliphatic carbocycles. The zero-order valence-corrected chi connectivity index (χ0v) is 17.2. The Morgan fingerprint density at radius 2 is 1.93 bits per heavy atom. The van der Waals surface area contributed by atoms with Crippen LogP contribution in [0.4, 0.5) is 5.69 Å². The van der Waals surface area contributed by atoms with Crippen molar-refractivity contribution in [2.24, 2.45) is 11.8 Å². The Labute approximate surface area is 171 Å². The van der Waals surface area contributed by atoms with E-state index in [9.17, 15) is 4.79 Å². The first kappa shape index (κ1) is 19.2. The molecule has 0 bridgehead atoms. The first-order chi connectivity index (χ1) is 14.0. The van der Waals surface area contributed by atoms with Crippen molar-refractivity contribution in [1.29, 1.82) is 0 Å². The molecule has 0 N–H and O–H groups in total. The third-order valence-electron chi connectivity index (χ3n) is 5.91. The lowest BCUT2D eigenvalue weighted by atomic mass is 9.95. The first-order valence-electron chi connectivity index (χ1n) is 10.1. The maximum absolute atomic E-state index is 11.0. The van der Waals surface area contributed by atoms with E-state index in [1.807, 2.05) is 6.20 Å². The number of carbonyl (C=O) groups excluding carboxylic acids is 1. The summed E-state index contributed by atoms with van der Waals surface area (Å²) in [7, 11) is 0. The van der Waals surface area contributed by atoms with E-state index in [2.05, 4.69) is 64.9 Å². The molecule has 1 aliphatic rings. The van der Waals surface area contributed by atoms with Crippen LogP contribution < -0.4 is 4.90 Å². The Balaban J connectivity index is 1.67. The highest BCUT2D eigenvalue weighted by molar-refractivity contribution is 5.77. The highest BCUT2D eigenvalue weighted by atomic mass is 16.1. The summed E-state index contributed by atoms with van der Waals surface area (Å²) in [4.78, 5) is 26.2. The van der Waals surface area contributed by atoms with Crippen LogP contribution in [0.5, 0.6) is 0 Å². The second-order valence-corrected chi connectivity index (χ2v) is 8.15. The lowest BCUT2D eigenvalue weighted by Crippen LogP contribution is -2.21. The summed E-state index contributed by atoms with van der Waals surface area (Å²) in [5.74, 6) is 1.48. The van der Waals surface area contributed by atoms with Gasteiger partial charge in [0.15, 0.2) is 6.29 Å². The molecule has 4 rings (SSSR count). The summed E-state index contributed by atoms with van der Waals surface area (Å²) >= 11 is 0. The highest BCUT2D eigenvalue weighted by Gasteiger charge is 2.25. The molecular weight excluding hydrogens is 360 g/mol. The lowest BCUT2D eigenvalue weighted by Gasteiger charge is -2.21. The van der Waals surface area contributed by atoms with Crippen LogP contribution in [0.1, 0.15) is 36.3 Å². The largest absolute Gasteiger partial charge is 0.371 e. The third kappa shape index (κ3) is 4.04. The van der Waals surface area contributed by atoms with E-state index >= 15 is 0 Å². The topological polar surface area (TPSA) is 59.0 Å². The van der Waals surface area contributed by atoms with Crippen LogP contribution in [-0.4, -0.2) is 34.3 Å². The zero-order chi connectivity index (χ0) is 20.4. The second-order valence-electron chi connectivity index (χ2n) is 8.15. The lowest BCUT2D eigenvalue weighted by molar-refractivity contribution is 0.111. The highest BCUT2D eigenvalue weighted by Crippen LogP contribution is 2.33. The van der Waals surface area contributed by atoms with Crippen LogP contribution in [0.15, 0.2) is 49.1 Å². The summed E-state index contributed by atoms with van der Waals surface area (Å²) in [5, 5.41) is 0. The van der Waals surface area contributed by atoms with Gasteiger partial charge in [0, 0.05) is 42.3 Å². The van der Waals surface area contributed by atoms with Crippen molar-refractivity contribution in [3.63, 3.8) is 0 Å². The number of nitrogens with zero attached hydrogens (tertiary/aromatic N) is 4. The van der Waals surface area contributed by atoms with Crippen LogP contribution in [0.25, 0.3) is 22.4 Å². The Hall–Kier alpha value is -3.08. The molecule has 1 atom stereocenters. The van der Waals surface area contributed by atoms with E-state index in [1.54, 1.807) is 12.3 Å². The fourth-order valence-electron chi connectivity index (χ4n) is 4.01. The zero-order valence-electron chi connectivity index (χ0n) is 17.2. The third-order valence-corrected chi connectivity index (χ3v) is 5.91. The van der Waals surface area contributed by atoms with Gasteiger partial charge in [-0.2, -0.15) is 0 Å². The normalized spacial score (nSPS) is 16.4. The van der Waals surface area contributed by atoms with Gasteiger partial charge in [-0.1, -0.05) is 19.9 Å². The molecule has 1 fully saturated rings. The molecule has 1 unspecified atom stereocenters. The molecule has 3 heterocycles. The number of carbonyl (C=O) groups is 1. The summed E-state index contributed by atoms with van der Waals surface area (Å²) in [6, 6.07) is 10.5. The van der Waals surface area contributed by atoms with Gasteiger partial charge in [0.25, 0.3) is 0 Å². The molecule has 0 amide bonds. The van der Waals surface area contributed by atoms with Crippen LogP contribution in [0, 0.1) is 18.8 Å². The minimum atomic E-state index is 0.368. The molecule has 1 saturated heterocycles. The number of aromatic nitrogens is 3. The van der Waals surface area contributed by atoms with Crippen LogP contribution in [-0.2, 0) is 0 Å². The molecule has 29 heavy (non-hydrogen) atoms. The molecule has 1 aromatic carbocycles. The van der Waals surface area contributed by atoms with Gasteiger partial charge in [0.05, 0.1) is 5.69 Å². The van der Waals surface area contributed by atoms with E-state index < -0.39 is 0 Å². The SMILES string of the molecule is Cc1ccc(N2CCC(C(C)C)C2)cc1-c1cncc(-c2cc(C=O)ncn2)c1. The fraction of sp³-hybridized carbons (Fsp3) is 0.333. The monoisotopic (exact) mass is 386 g/mol. The molecule has 0 saturated carbocycles. The maximum atomic E-state index is 11.0. The summed E-state index contributed by atoms with van der Waals surface area (Å²) < 4.78 is 0. The standard InChI is InChI=1S/C24H26N4O/c1-16(2)18-6-7-28(13-18)22-5-4-17(3)23(10-22)19-8-20(12-25-11-19)24-9-21(14-29)26-15-27-24/h4-5,8-12,14-16,18H,6-7,13H2,1-3H3. The first-order valence-corrected chi connectivity index (χ1v) is 10.1. The van der Waals surface area contributed by atoms with E-state index in [1.165, 1.54) is 29.6 Å². The van der Waals surface area contributed by atoms with Crippen molar-refractivity contribution in [2.45, 2.75) is 27.2 Å². The Bertz CT molecular complexity index is 1030. The van der Waals surface area contributed by atoms with Gasteiger partial charge < -0.3 is 4.90 Å². The maximum Gasteiger partial charge on any atom is 0.168 e. The number of pyridine rings is 1. The molecule has 1 aliphatic heterocycles. The quantitative estimate of drug-likeness (QED) is 0.589. The molecule has 0 spiro atoms.